The van der Waals surface area contributed by atoms with Gasteiger partial charge in [0.05, 0.1) is 0 Å². The lowest BCUT2D eigenvalue weighted by Crippen LogP contribution is -2.37. The number of aryl methyl sites for hydroxylation is 1. The molecule has 1 aromatic heterocycles. The van der Waals surface area contributed by atoms with Crippen molar-refractivity contribution in [3.8, 4) is 0 Å². The monoisotopic (exact) mass is 290 g/mol. The van der Waals surface area contributed by atoms with Crippen molar-refractivity contribution in [1.29, 1.82) is 0 Å². The Bertz CT molecular complexity index is 475. The molecule has 3 N–H and O–H groups in total. The third-order valence-electron chi connectivity index (χ3n) is 4.72. The van der Waals surface area contributed by atoms with Crippen molar-refractivity contribution in [2.24, 2.45) is 0 Å². The Morgan fingerprint density at radius 3 is 2.71 bits per heavy atom. The van der Waals surface area contributed by atoms with Gasteiger partial charge in [0.2, 0.25) is 0 Å². The van der Waals surface area contributed by atoms with Crippen LogP contribution in [0.2, 0.25) is 0 Å². The second-order valence-electron chi connectivity index (χ2n) is 6.28. The van der Waals surface area contributed by atoms with E-state index in [4.69, 9.17) is 0 Å². The van der Waals surface area contributed by atoms with Gasteiger partial charge in [-0.15, -0.1) is 0 Å². The molecular weight excluding hydrogens is 264 g/mol. The summed E-state index contributed by atoms with van der Waals surface area (Å²) in [5, 5.41) is 13.7. The van der Waals surface area contributed by atoms with Gasteiger partial charge in [-0.1, -0.05) is 25.7 Å². The molecule has 0 aliphatic heterocycles. The van der Waals surface area contributed by atoms with E-state index < -0.39 is 0 Å². The predicted molar refractivity (Wildman–Crippen MR) is 82.4 cm³/mol. The first-order valence-electron chi connectivity index (χ1n) is 8.42. The van der Waals surface area contributed by atoms with E-state index in [1.54, 1.807) is 0 Å². The van der Waals surface area contributed by atoms with Crippen LogP contribution in [0.25, 0.3) is 0 Å². The van der Waals surface area contributed by atoms with Crippen LogP contribution < -0.4 is 10.6 Å². The topological polar surface area (TPSA) is 69.8 Å². The number of nitrogens with zero attached hydrogens (tertiary/aromatic N) is 1. The molecule has 1 heterocycles. The predicted octanol–water partition coefficient (Wildman–Crippen LogP) is 1.94. The zero-order chi connectivity index (χ0) is 14.5. The average molecular weight is 290 g/mol. The molecule has 1 fully saturated rings. The van der Waals surface area contributed by atoms with Crippen molar-refractivity contribution >= 4 is 5.91 Å². The van der Waals surface area contributed by atoms with E-state index in [1.807, 2.05) is 0 Å². The minimum atomic E-state index is -0.0305. The minimum absolute atomic E-state index is 0.0305. The third kappa shape index (κ3) is 3.64. The number of amides is 1. The van der Waals surface area contributed by atoms with Crippen LogP contribution in [0.1, 0.15) is 66.7 Å². The summed E-state index contributed by atoms with van der Waals surface area (Å²) in [7, 11) is 0. The number of nitrogens with one attached hydrogen (secondary N) is 3. The molecule has 21 heavy (non-hydrogen) atoms. The molecule has 2 aliphatic rings. The summed E-state index contributed by atoms with van der Waals surface area (Å²) in [6.45, 7) is 1.53. The van der Waals surface area contributed by atoms with Crippen molar-refractivity contribution < 1.29 is 4.79 Å². The van der Waals surface area contributed by atoms with Crippen molar-refractivity contribution in [1.82, 2.24) is 20.8 Å². The lowest BCUT2D eigenvalue weighted by molar-refractivity contribution is 0.0947. The van der Waals surface area contributed by atoms with Gasteiger partial charge in [0.1, 0.15) is 0 Å². The molecule has 5 nitrogen and oxygen atoms in total. The van der Waals surface area contributed by atoms with Gasteiger partial charge in [0, 0.05) is 30.4 Å². The quantitative estimate of drug-likeness (QED) is 0.573. The number of hydrogen-bond donors (Lipinski definition) is 3. The smallest absolute Gasteiger partial charge is 0.272 e. The summed E-state index contributed by atoms with van der Waals surface area (Å²) in [6.07, 6.45) is 11.1. The zero-order valence-corrected chi connectivity index (χ0v) is 12.7. The molecule has 0 unspecified atom stereocenters. The first-order chi connectivity index (χ1) is 10.3. The Hall–Kier alpha value is -1.36. The van der Waals surface area contributed by atoms with Gasteiger partial charge in [-0.3, -0.25) is 9.89 Å². The Labute approximate surface area is 126 Å². The normalized spacial score (nSPS) is 19.2. The summed E-state index contributed by atoms with van der Waals surface area (Å²) in [5.41, 5.74) is 2.89. The van der Waals surface area contributed by atoms with Crippen LogP contribution in [0.3, 0.4) is 0 Å². The highest BCUT2D eigenvalue weighted by Gasteiger charge is 2.22. The first kappa shape index (κ1) is 14.6. The van der Waals surface area contributed by atoms with Crippen molar-refractivity contribution in [2.75, 3.05) is 13.1 Å². The highest BCUT2D eigenvalue weighted by atomic mass is 16.1. The van der Waals surface area contributed by atoms with E-state index in [2.05, 4.69) is 20.8 Å². The number of H-pyrrole nitrogens is 1. The van der Waals surface area contributed by atoms with Crippen molar-refractivity contribution in [3.63, 3.8) is 0 Å². The molecule has 0 radical (unpaired) electrons. The Kier molecular flexibility index (Phi) is 4.91. The molecular formula is C16H26N4O. The molecule has 0 atom stereocenters. The van der Waals surface area contributed by atoms with Crippen LogP contribution in [-0.4, -0.2) is 35.2 Å². The van der Waals surface area contributed by atoms with Gasteiger partial charge in [-0.2, -0.15) is 5.10 Å². The van der Waals surface area contributed by atoms with E-state index in [-0.39, 0.29) is 5.91 Å². The van der Waals surface area contributed by atoms with Crippen molar-refractivity contribution in [3.05, 3.63) is 17.0 Å². The molecule has 2 aliphatic carbocycles. The van der Waals surface area contributed by atoms with E-state index in [0.717, 1.165) is 37.1 Å². The number of hydrogen-bond acceptors (Lipinski definition) is 3. The fourth-order valence-electron chi connectivity index (χ4n) is 3.53. The highest BCUT2D eigenvalue weighted by Crippen LogP contribution is 2.22. The highest BCUT2D eigenvalue weighted by molar-refractivity contribution is 5.94. The van der Waals surface area contributed by atoms with Gasteiger partial charge >= 0.3 is 0 Å². The number of carbonyl (C=O) groups is 1. The number of rotatable bonds is 5. The molecule has 0 spiro atoms. The SMILES string of the molecule is O=C(NCCNC1CCCCCC1)c1n[nH]c2c1CCC2. The van der Waals surface area contributed by atoms with Crippen LogP contribution in [0.5, 0.6) is 0 Å². The van der Waals surface area contributed by atoms with Crippen LogP contribution in [-0.2, 0) is 12.8 Å². The fraction of sp³-hybridized carbons (Fsp3) is 0.750. The van der Waals surface area contributed by atoms with Gasteiger partial charge in [-0.05, 0) is 32.1 Å². The second kappa shape index (κ2) is 7.07. The summed E-state index contributed by atoms with van der Waals surface area (Å²) < 4.78 is 0. The fourth-order valence-corrected chi connectivity index (χ4v) is 3.53. The summed E-state index contributed by atoms with van der Waals surface area (Å²) in [5.74, 6) is -0.0305. The number of carbonyl (C=O) groups excluding carboxylic acids is 1. The molecule has 1 amide bonds. The maximum absolute atomic E-state index is 12.2. The van der Waals surface area contributed by atoms with Gasteiger partial charge in [-0.25, -0.2) is 0 Å². The molecule has 1 saturated carbocycles. The van der Waals surface area contributed by atoms with E-state index in [9.17, 15) is 4.79 Å². The van der Waals surface area contributed by atoms with Crippen LogP contribution in [0.4, 0.5) is 0 Å². The van der Waals surface area contributed by atoms with Gasteiger partial charge in [0.15, 0.2) is 5.69 Å². The lowest BCUT2D eigenvalue weighted by Gasteiger charge is -2.16. The maximum Gasteiger partial charge on any atom is 0.272 e. The molecule has 0 bridgehead atoms. The molecule has 116 valence electrons. The third-order valence-corrected chi connectivity index (χ3v) is 4.72. The largest absolute Gasteiger partial charge is 0.349 e. The standard InChI is InChI=1S/C16H26N4O/c21-16(15-13-8-5-9-14(13)19-20-15)18-11-10-17-12-6-3-1-2-4-7-12/h12,17H,1-11H2,(H,18,21)(H,19,20). The lowest BCUT2D eigenvalue weighted by atomic mass is 10.1. The molecule has 0 saturated heterocycles. The zero-order valence-electron chi connectivity index (χ0n) is 12.7. The van der Waals surface area contributed by atoms with E-state index >= 15 is 0 Å². The molecule has 3 rings (SSSR count). The van der Waals surface area contributed by atoms with Gasteiger partial charge in [0.25, 0.3) is 5.91 Å². The number of aromatic nitrogens is 2. The van der Waals surface area contributed by atoms with Gasteiger partial charge < -0.3 is 10.6 Å². The second-order valence-corrected chi connectivity index (χ2v) is 6.28. The number of aromatic amines is 1. The van der Waals surface area contributed by atoms with Crippen LogP contribution in [0, 0.1) is 0 Å². The average Bonchev–Trinajstić information content (AvgIpc) is 3.00. The van der Waals surface area contributed by atoms with Crippen molar-refractivity contribution in [2.45, 2.75) is 63.8 Å². The summed E-state index contributed by atoms with van der Waals surface area (Å²) in [4.78, 5) is 12.2. The Morgan fingerprint density at radius 1 is 1.10 bits per heavy atom. The minimum Gasteiger partial charge on any atom is -0.349 e. The van der Waals surface area contributed by atoms with E-state index in [1.165, 1.54) is 38.5 Å². The Morgan fingerprint density at radius 2 is 1.90 bits per heavy atom. The molecule has 5 heteroatoms. The molecule has 1 aromatic rings. The maximum atomic E-state index is 12.2. The summed E-state index contributed by atoms with van der Waals surface area (Å²) >= 11 is 0. The first-order valence-corrected chi connectivity index (χ1v) is 8.42. The molecule has 0 aromatic carbocycles. The van der Waals surface area contributed by atoms with E-state index in [0.29, 0.717) is 18.3 Å². The number of fused-ring (bicyclic) bond motifs is 1. The van der Waals surface area contributed by atoms with Crippen LogP contribution >= 0.6 is 0 Å². The summed E-state index contributed by atoms with van der Waals surface area (Å²) in [6, 6.07) is 0.638. The van der Waals surface area contributed by atoms with Crippen LogP contribution in [0.15, 0.2) is 0 Å². The Balaban J connectivity index is 1.39.